The van der Waals surface area contributed by atoms with Crippen molar-refractivity contribution in [3.8, 4) is 0 Å². The number of piperazine rings is 1. The molecule has 1 fully saturated rings. The summed E-state index contributed by atoms with van der Waals surface area (Å²) in [5.74, 6) is 0.190. The van der Waals surface area contributed by atoms with Crippen molar-refractivity contribution in [2.45, 2.75) is 32.2 Å². The summed E-state index contributed by atoms with van der Waals surface area (Å²) in [7, 11) is 0. The predicted molar refractivity (Wildman–Crippen MR) is 116 cm³/mol. The SMILES string of the molecule is CCN1CCN(C(=O)CCC(=O)N2CCc3sccc3C2c2ccccc2)CC1. The van der Waals surface area contributed by atoms with Crippen LogP contribution in [0.25, 0.3) is 0 Å². The van der Waals surface area contributed by atoms with Crippen LogP contribution in [0.5, 0.6) is 0 Å². The van der Waals surface area contributed by atoms with Gasteiger partial charge in [-0.2, -0.15) is 0 Å². The number of hydrogen-bond acceptors (Lipinski definition) is 4. The third kappa shape index (κ3) is 4.38. The van der Waals surface area contributed by atoms with E-state index in [0.717, 1.165) is 51.3 Å². The van der Waals surface area contributed by atoms with E-state index in [1.807, 2.05) is 28.0 Å². The Morgan fingerprint density at radius 3 is 2.41 bits per heavy atom. The summed E-state index contributed by atoms with van der Waals surface area (Å²) >= 11 is 1.77. The predicted octanol–water partition coefficient (Wildman–Crippen LogP) is 3.17. The van der Waals surface area contributed by atoms with Gasteiger partial charge in [0.25, 0.3) is 0 Å². The first-order valence-corrected chi connectivity index (χ1v) is 11.5. The Hall–Kier alpha value is -2.18. The summed E-state index contributed by atoms with van der Waals surface area (Å²) < 4.78 is 0. The second-order valence-electron chi connectivity index (χ2n) is 7.76. The molecule has 154 valence electrons. The quantitative estimate of drug-likeness (QED) is 0.759. The Kier molecular flexibility index (Phi) is 6.31. The number of nitrogens with zero attached hydrogens (tertiary/aromatic N) is 3. The van der Waals surface area contributed by atoms with Gasteiger partial charge in [-0.3, -0.25) is 9.59 Å². The molecule has 0 saturated carbocycles. The molecule has 6 heteroatoms. The highest BCUT2D eigenvalue weighted by molar-refractivity contribution is 7.10. The topological polar surface area (TPSA) is 43.9 Å². The minimum Gasteiger partial charge on any atom is -0.340 e. The van der Waals surface area contributed by atoms with Gasteiger partial charge in [-0.25, -0.2) is 0 Å². The lowest BCUT2D eigenvalue weighted by atomic mass is 9.93. The Morgan fingerprint density at radius 2 is 1.69 bits per heavy atom. The molecule has 1 atom stereocenters. The van der Waals surface area contributed by atoms with E-state index in [2.05, 4.69) is 35.4 Å². The van der Waals surface area contributed by atoms with Crippen LogP contribution in [0.4, 0.5) is 0 Å². The molecule has 2 aliphatic rings. The van der Waals surface area contributed by atoms with Crippen molar-refractivity contribution < 1.29 is 9.59 Å². The fraction of sp³-hybridized carbons (Fsp3) is 0.478. The molecule has 1 aromatic carbocycles. The molecule has 0 radical (unpaired) electrons. The Bertz CT molecular complexity index is 843. The second-order valence-corrected chi connectivity index (χ2v) is 8.77. The van der Waals surface area contributed by atoms with Crippen LogP contribution >= 0.6 is 11.3 Å². The van der Waals surface area contributed by atoms with Crippen LogP contribution < -0.4 is 0 Å². The van der Waals surface area contributed by atoms with Crippen LogP contribution in [0.3, 0.4) is 0 Å². The molecule has 1 saturated heterocycles. The monoisotopic (exact) mass is 411 g/mol. The summed E-state index contributed by atoms with van der Waals surface area (Å²) in [6, 6.07) is 12.4. The molecule has 0 bridgehead atoms. The van der Waals surface area contributed by atoms with E-state index in [1.54, 1.807) is 11.3 Å². The van der Waals surface area contributed by atoms with Crippen LogP contribution in [0.2, 0.25) is 0 Å². The number of benzene rings is 1. The Balaban J connectivity index is 1.42. The van der Waals surface area contributed by atoms with Crippen molar-refractivity contribution in [1.29, 1.82) is 0 Å². The Morgan fingerprint density at radius 1 is 0.966 bits per heavy atom. The van der Waals surface area contributed by atoms with Crippen molar-refractivity contribution in [1.82, 2.24) is 14.7 Å². The van der Waals surface area contributed by atoms with Crippen molar-refractivity contribution in [2.75, 3.05) is 39.3 Å². The van der Waals surface area contributed by atoms with Gasteiger partial charge in [-0.1, -0.05) is 37.3 Å². The van der Waals surface area contributed by atoms with E-state index >= 15 is 0 Å². The number of thiophene rings is 1. The third-order valence-electron chi connectivity index (χ3n) is 6.13. The minimum absolute atomic E-state index is 0.0399. The van der Waals surface area contributed by atoms with Gasteiger partial charge in [0.1, 0.15) is 0 Å². The van der Waals surface area contributed by atoms with Crippen LogP contribution in [0.1, 0.15) is 41.8 Å². The normalized spacial score (nSPS) is 19.8. The number of carbonyl (C=O) groups is 2. The fourth-order valence-corrected chi connectivity index (χ4v) is 5.31. The van der Waals surface area contributed by atoms with Crippen LogP contribution in [-0.4, -0.2) is 65.8 Å². The summed E-state index contributed by atoms with van der Waals surface area (Å²) in [5.41, 5.74) is 2.38. The average molecular weight is 412 g/mol. The molecule has 2 aliphatic heterocycles. The number of likely N-dealkylation sites (N-methyl/N-ethyl adjacent to an activating group) is 1. The number of hydrogen-bond donors (Lipinski definition) is 0. The van der Waals surface area contributed by atoms with Crippen LogP contribution in [-0.2, 0) is 16.0 Å². The Labute approximate surface area is 176 Å². The number of amides is 2. The molecule has 2 amide bonds. The second kappa shape index (κ2) is 9.09. The molecule has 2 aromatic rings. The van der Waals surface area contributed by atoms with E-state index in [9.17, 15) is 9.59 Å². The zero-order valence-corrected chi connectivity index (χ0v) is 17.9. The van der Waals surface area contributed by atoms with Gasteiger partial charge >= 0.3 is 0 Å². The van der Waals surface area contributed by atoms with Crippen LogP contribution in [0, 0.1) is 0 Å². The highest BCUT2D eigenvalue weighted by Gasteiger charge is 2.33. The molecule has 4 rings (SSSR count). The van der Waals surface area contributed by atoms with E-state index in [0.29, 0.717) is 6.42 Å². The van der Waals surface area contributed by atoms with Crippen LogP contribution in [0.15, 0.2) is 41.8 Å². The summed E-state index contributed by atoms with van der Waals surface area (Å²) in [4.78, 5) is 33.4. The molecule has 3 heterocycles. The number of carbonyl (C=O) groups excluding carboxylic acids is 2. The van der Waals surface area contributed by atoms with Gasteiger partial charge in [-0.05, 0) is 35.5 Å². The van der Waals surface area contributed by atoms with Gasteiger partial charge in [0.2, 0.25) is 11.8 Å². The highest BCUT2D eigenvalue weighted by atomic mass is 32.1. The zero-order valence-electron chi connectivity index (χ0n) is 17.0. The molecule has 0 spiro atoms. The lowest BCUT2D eigenvalue weighted by Gasteiger charge is -2.37. The van der Waals surface area contributed by atoms with E-state index in [4.69, 9.17) is 0 Å². The van der Waals surface area contributed by atoms with Crippen molar-refractivity contribution >= 4 is 23.2 Å². The maximum atomic E-state index is 13.1. The van der Waals surface area contributed by atoms with Crippen molar-refractivity contribution in [3.05, 3.63) is 57.8 Å². The summed E-state index contributed by atoms with van der Waals surface area (Å²) in [6.07, 6.45) is 1.49. The summed E-state index contributed by atoms with van der Waals surface area (Å²) in [6.45, 7) is 7.30. The first-order valence-electron chi connectivity index (χ1n) is 10.6. The van der Waals surface area contributed by atoms with Crippen molar-refractivity contribution in [3.63, 3.8) is 0 Å². The van der Waals surface area contributed by atoms with Gasteiger partial charge in [0.15, 0.2) is 0 Å². The molecule has 29 heavy (non-hydrogen) atoms. The molecule has 0 aliphatic carbocycles. The minimum atomic E-state index is -0.0399. The first-order chi connectivity index (χ1) is 14.2. The zero-order chi connectivity index (χ0) is 20.2. The lowest BCUT2D eigenvalue weighted by molar-refractivity contribution is -0.139. The van der Waals surface area contributed by atoms with Crippen molar-refractivity contribution in [2.24, 2.45) is 0 Å². The maximum Gasteiger partial charge on any atom is 0.223 e. The number of rotatable bonds is 5. The van der Waals surface area contributed by atoms with Gasteiger partial charge in [0, 0.05) is 50.4 Å². The molecule has 1 aromatic heterocycles. The molecule has 0 N–H and O–H groups in total. The highest BCUT2D eigenvalue weighted by Crippen LogP contribution is 2.38. The largest absolute Gasteiger partial charge is 0.340 e. The molecule has 1 unspecified atom stereocenters. The van der Waals surface area contributed by atoms with E-state index in [1.165, 1.54) is 10.4 Å². The summed E-state index contributed by atoms with van der Waals surface area (Å²) in [5, 5.41) is 2.12. The average Bonchev–Trinajstić information content (AvgIpc) is 3.26. The molecule has 5 nitrogen and oxygen atoms in total. The van der Waals surface area contributed by atoms with E-state index < -0.39 is 0 Å². The number of fused-ring (bicyclic) bond motifs is 1. The fourth-order valence-electron chi connectivity index (χ4n) is 4.41. The third-order valence-corrected chi connectivity index (χ3v) is 7.12. The smallest absolute Gasteiger partial charge is 0.223 e. The molecular weight excluding hydrogens is 382 g/mol. The standard InChI is InChI=1S/C23H29N3O2S/c1-2-24-13-15-25(16-14-24)21(27)8-9-22(28)26-12-10-20-19(11-17-29-20)23(26)18-6-4-3-5-7-18/h3-7,11,17,23H,2,8-10,12-16H2,1H3. The molecular formula is C23H29N3O2S. The van der Waals surface area contributed by atoms with Gasteiger partial charge in [-0.15, -0.1) is 11.3 Å². The first kappa shape index (κ1) is 20.1. The lowest BCUT2D eigenvalue weighted by Crippen LogP contribution is -2.48. The van der Waals surface area contributed by atoms with E-state index in [-0.39, 0.29) is 24.3 Å². The maximum absolute atomic E-state index is 13.1. The van der Waals surface area contributed by atoms with Gasteiger partial charge < -0.3 is 14.7 Å². The van der Waals surface area contributed by atoms with Gasteiger partial charge in [0.05, 0.1) is 6.04 Å².